The zero-order valence-electron chi connectivity index (χ0n) is 17.6. The predicted molar refractivity (Wildman–Crippen MR) is 118 cm³/mol. The molecule has 1 N–H and O–H groups in total. The van der Waals surface area contributed by atoms with Crippen molar-refractivity contribution in [1.29, 1.82) is 0 Å². The van der Waals surface area contributed by atoms with E-state index in [-0.39, 0.29) is 17.9 Å². The molecule has 3 saturated carbocycles. The van der Waals surface area contributed by atoms with Gasteiger partial charge in [0.1, 0.15) is 17.3 Å². The van der Waals surface area contributed by atoms with Crippen molar-refractivity contribution < 1.29 is 4.79 Å². The van der Waals surface area contributed by atoms with Gasteiger partial charge in [0.05, 0.1) is 11.9 Å². The minimum Gasteiger partial charge on any atom is -0.380 e. The normalized spacial score (nSPS) is 26.7. The van der Waals surface area contributed by atoms with E-state index in [2.05, 4.69) is 57.1 Å². The van der Waals surface area contributed by atoms with Crippen molar-refractivity contribution in [3.8, 4) is 0 Å². The van der Waals surface area contributed by atoms with Crippen LogP contribution in [0.5, 0.6) is 0 Å². The highest BCUT2D eigenvalue weighted by Gasteiger charge is 2.56. The number of aryl methyl sites for hydroxylation is 1. The van der Waals surface area contributed by atoms with E-state index in [4.69, 9.17) is 0 Å². The number of Topliss-reactive ketones (excluding diaryl/α,β-unsaturated/α-hetero) is 1. The molecule has 3 fully saturated rings. The van der Waals surface area contributed by atoms with Gasteiger partial charge in [-0.25, -0.2) is 14.6 Å². The molecular formula is C22H28BrN5O2. The number of nitrogens with zero attached hydrogens (tertiary/aromatic N) is 4. The van der Waals surface area contributed by atoms with Gasteiger partial charge >= 0.3 is 0 Å². The topological polar surface area (TPSA) is 89.8 Å². The van der Waals surface area contributed by atoms with Gasteiger partial charge in [-0.05, 0) is 64.4 Å². The molecule has 2 bridgehead atoms. The summed E-state index contributed by atoms with van der Waals surface area (Å²) in [6.07, 6.45) is 8.02. The fraction of sp³-hybridized carbons (Fsp3) is 0.591. The molecule has 0 radical (unpaired) electrons. The Balaban J connectivity index is 1.39. The molecule has 8 heteroatoms. The van der Waals surface area contributed by atoms with Crippen molar-refractivity contribution in [3.63, 3.8) is 0 Å². The number of hydrogen-bond donors (Lipinski definition) is 1. The number of nitrogens with one attached hydrogen (secondary N) is 1. The van der Waals surface area contributed by atoms with Gasteiger partial charge in [-0.2, -0.15) is 5.10 Å². The molecule has 2 aromatic rings. The molecule has 7 nitrogen and oxygen atoms in total. The van der Waals surface area contributed by atoms with Crippen molar-refractivity contribution >= 4 is 27.4 Å². The first-order chi connectivity index (χ1) is 14.3. The van der Waals surface area contributed by atoms with Gasteiger partial charge in [0.25, 0.3) is 5.56 Å². The average Bonchev–Trinajstić information content (AvgIpc) is 2.73. The third-order valence-electron chi connectivity index (χ3n) is 7.31. The third kappa shape index (κ3) is 3.94. The quantitative estimate of drug-likeness (QED) is 0.661. The van der Waals surface area contributed by atoms with Crippen molar-refractivity contribution in [2.75, 3.05) is 5.32 Å². The van der Waals surface area contributed by atoms with Gasteiger partial charge in [0, 0.05) is 24.4 Å². The molecule has 0 aromatic carbocycles. The summed E-state index contributed by atoms with van der Waals surface area (Å²) in [4.78, 5) is 33.0. The van der Waals surface area contributed by atoms with Gasteiger partial charge in [-0.3, -0.25) is 9.59 Å². The summed E-state index contributed by atoms with van der Waals surface area (Å²) in [7, 11) is 0. The molecule has 0 amide bonds. The largest absolute Gasteiger partial charge is 0.380 e. The monoisotopic (exact) mass is 473 g/mol. The zero-order valence-corrected chi connectivity index (χ0v) is 19.2. The first-order valence-corrected chi connectivity index (χ1v) is 11.4. The van der Waals surface area contributed by atoms with E-state index in [1.54, 1.807) is 18.5 Å². The lowest BCUT2D eigenvalue weighted by Crippen LogP contribution is -2.58. The second kappa shape index (κ2) is 8.21. The smallest absolute Gasteiger partial charge is 0.283 e. The van der Waals surface area contributed by atoms with Crippen LogP contribution in [0, 0.1) is 23.2 Å². The van der Waals surface area contributed by atoms with Crippen LogP contribution in [-0.2, 0) is 17.8 Å². The lowest BCUT2D eigenvalue weighted by molar-refractivity contribution is -0.119. The molecule has 160 valence electrons. The van der Waals surface area contributed by atoms with E-state index in [0.717, 1.165) is 18.0 Å². The predicted octanol–water partition coefficient (Wildman–Crippen LogP) is 3.48. The molecule has 0 unspecified atom stereocenters. The number of ketones is 1. The van der Waals surface area contributed by atoms with E-state index < -0.39 is 0 Å². The first kappa shape index (κ1) is 21.2. The number of rotatable bonds is 7. The fourth-order valence-corrected chi connectivity index (χ4v) is 5.62. The van der Waals surface area contributed by atoms with Crippen LogP contribution in [0.15, 0.2) is 34.1 Å². The zero-order chi connectivity index (χ0) is 21.5. The highest BCUT2D eigenvalue weighted by Crippen LogP contribution is 2.61. The van der Waals surface area contributed by atoms with Gasteiger partial charge < -0.3 is 5.32 Å². The molecule has 2 heterocycles. The van der Waals surface area contributed by atoms with Gasteiger partial charge in [-0.1, -0.05) is 20.8 Å². The van der Waals surface area contributed by atoms with E-state index >= 15 is 0 Å². The highest BCUT2D eigenvalue weighted by atomic mass is 79.9. The van der Waals surface area contributed by atoms with Crippen LogP contribution in [-0.4, -0.2) is 31.6 Å². The number of aromatic nitrogens is 4. The standard InChI is InChI=1S/C22H28BrN5O2/c1-13-17-8-14(22(17,2)3)9-18(13)27-19-10-26-28(21(30)20(19)23)11-16(29)5-4-15-6-7-24-12-25-15/h6-7,10,12-14,17-18,27H,4-5,8-9,11H2,1-3H3/t13-,14-,17+,18-/m1/s1. The molecule has 5 rings (SSSR count). The maximum Gasteiger partial charge on any atom is 0.283 e. The van der Waals surface area contributed by atoms with E-state index in [1.165, 1.54) is 17.4 Å². The Kier molecular flexibility index (Phi) is 5.79. The SMILES string of the molecule is C[C@H]1[C@H](Nc2cnn(CC(=O)CCc3ccncn3)c(=O)c2Br)C[C@H]2C[C@@H]1C2(C)C. The number of carbonyl (C=O) groups excluding carboxylic acids is 1. The molecule has 3 aliphatic rings. The van der Waals surface area contributed by atoms with Crippen molar-refractivity contribution in [2.45, 2.75) is 59.0 Å². The number of anilines is 1. The summed E-state index contributed by atoms with van der Waals surface area (Å²) in [5.41, 5.74) is 1.65. The van der Waals surface area contributed by atoms with Crippen LogP contribution >= 0.6 is 15.9 Å². The summed E-state index contributed by atoms with van der Waals surface area (Å²) in [6, 6.07) is 2.12. The molecule has 3 aliphatic carbocycles. The Morgan fingerprint density at radius 2 is 2.17 bits per heavy atom. The first-order valence-electron chi connectivity index (χ1n) is 10.6. The fourth-order valence-electron chi connectivity index (χ4n) is 5.20. The lowest BCUT2D eigenvalue weighted by atomic mass is 9.45. The van der Waals surface area contributed by atoms with Crippen LogP contribution in [0.1, 0.15) is 45.7 Å². The minimum absolute atomic E-state index is 0.0407. The molecule has 4 atom stereocenters. The Labute approximate surface area is 184 Å². The second-order valence-corrected chi connectivity index (χ2v) is 10.1. The van der Waals surface area contributed by atoms with Crippen LogP contribution in [0.3, 0.4) is 0 Å². The highest BCUT2D eigenvalue weighted by molar-refractivity contribution is 9.10. The summed E-state index contributed by atoms with van der Waals surface area (Å²) in [5, 5.41) is 7.79. The van der Waals surface area contributed by atoms with Crippen molar-refractivity contribution in [3.05, 3.63) is 45.3 Å². The van der Waals surface area contributed by atoms with Gasteiger partial charge in [-0.15, -0.1) is 0 Å². The third-order valence-corrected chi connectivity index (χ3v) is 8.08. The van der Waals surface area contributed by atoms with Crippen LogP contribution in [0.25, 0.3) is 0 Å². The summed E-state index contributed by atoms with van der Waals surface area (Å²) in [6.45, 7) is 7.01. The molecule has 2 aromatic heterocycles. The van der Waals surface area contributed by atoms with Crippen molar-refractivity contribution in [2.24, 2.45) is 23.2 Å². The Hall–Kier alpha value is -2.09. The molecule has 0 saturated heterocycles. The van der Waals surface area contributed by atoms with E-state index in [1.807, 2.05) is 0 Å². The van der Waals surface area contributed by atoms with Crippen LogP contribution < -0.4 is 10.9 Å². The number of hydrogen-bond acceptors (Lipinski definition) is 6. The van der Waals surface area contributed by atoms with E-state index in [0.29, 0.717) is 46.3 Å². The number of halogens is 1. The molecule has 0 aliphatic heterocycles. The Morgan fingerprint density at radius 3 is 2.83 bits per heavy atom. The second-order valence-electron chi connectivity index (χ2n) is 9.28. The summed E-state index contributed by atoms with van der Waals surface area (Å²) < 4.78 is 1.66. The maximum absolute atomic E-state index is 12.7. The Morgan fingerprint density at radius 1 is 1.37 bits per heavy atom. The van der Waals surface area contributed by atoms with Gasteiger partial charge in [0.15, 0.2) is 5.78 Å². The summed E-state index contributed by atoms with van der Waals surface area (Å²) in [5.74, 6) is 1.94. The lowest BCUT2D eigenvalue weighted by Gasteiger charge is -2.62. The number of fused-ring (bicyclic) bond motifs is 2. The van der Waals surface area contributed by atoms with E-state index in [9.17, 15) is 9.59 Å². The molecule has 30 heavy (non-hydrogen) atoms. The molecule has 0 spiro atoms. The Bertz CT molecular complexity index is 991. The summed E-state index contributed by atoms with van der Waals surface area (Å²) >= 11 is 3.43. The average molecular weight is 474 g/mol. The van der Waals surface area contributed by atoms with Crippen molar-refractivity contribution in [1.82, 2.24) is 19.7 Å². The maximum atomic E-state index is 12.7. The minimum atomic E-state index is -0.288. The molecular weight excluding hydrogens is 446 g/mol. The van der Waals surface area contributed by atoms with Crippen LogP contribution in [0.4, 0.5) is 5.69 Å². The van der Waals surface area contributed by atoms with Gasteiger partial charge in [0.2, 0.25) is 0 Å². The number of carbonyl (C=O) groups is 1. The van der Waals surface area contributed by atoms with Crippen LogP contribution in [0.2, 0.25) is 0 Å².